The van der Waals surface area contributed by atoms with Gasteiger partial charge in [-0.25, -0.2) is 0 Å². The van der Waals surface area contributed by atoms with Crippen molar-refractivity contribution in [2.75, 3.05) is 18.0 Å². The second-order valence-corrected chi connectivity index (χ2v) is 5.33. The molecule has 0 aliphatic carbocycles. The fourth-order valence-electron chi connectivity index (χ4n) is 2.94. The molecule has 3 rings (SSSR count). The van der Waals surface area contributed by atoms with Gasteiger partial charge < -0.3 is 4.90 Å². The van der Waals surface area contributed by atoms with Gasteiger partial charge in [0.2, 0.25) is 0 Å². The van der Waals surface area contributed by atoms with Gasteiger partial charge in [-0.15, -0.1) is 0 Å². The van der Waals surface area contributed by atoms with Crippen molar-refractivity contribution < 1.29 is 0 Å². The van der Waals surface area contributed by atoms with Crippen LogP contribution in [0.1, 0.15) is 29.9 Å². The molecule has 1 fully saturated rings. The lowest BCUT2D eigenvalue weighted by atomic mass is 9.89. The van der Waals surface area contributed by atoms with Crippen LogP contribution in [-0.2, 0) is 0 Å². The molecule has 0 bridgehead atoms. The minimum absolute atomic E-state index is 0.628. The predicted octanol–water partition coefficient (Wildman–Crippen LogP) is 3.94. The maximum atomic E-state index is 8.84. The van der Waals surface area contributed by atoms with Gasteiger partial charge in [0, 0.05) is 18.8 Å². The second kappa shape index (κ2) is 5.79. The summed E-state index contributed by atoms with van der Waals surface area (Å²) in [6.45, 7) is 2.21. The zero-order valence-electron chi connectivity index (χ0n) is 11.5. The summed E-state index contributed by atoms with van der Waals surface area (Å²) in [5.74, 6) is 0.628. The van der Waals surface area contributed by atoms with Crippen molar-refractivity contribution >= 4 is 5.69 Å². The van der Waals surface area contributed by atoms with Crippen molar-refractivity contribution in [2.45, 2.75) is 18.8 Å². The molecular weight excluding hydrogens is 244 g/mol. The molecule has 2 aromatic carbocycles. The first-order valence-corrected chi connectivity index (χ1v) is 7.17. The summed E-state index contributed by atoms with van der Waals surface area (Å²) in [5.41, 5.74) is 3.44. The third-order valence-electron chi connectivity index (χ3n) is 4.13. The van der Waals surface area contributed by atoms with E-state index in [1.807, 2.05) is 12.1 Å². The monoisotopic (exact) mass is 262 g/mol. The first kappa shape index (κ1) is 12.7. The van der Waals surface area contributed by atoms with E-state index in [2.05, 4.69) is 53.4 Å². The van der Waals surface area contributed by atoms with Crippen molar-refractivity contribution in [1.82, 2.24) is 0 Å². The molecule has 0 saturated carbocycles. The number of rotatable bonds is 2. The van der Waals surface area contributed by atoms with Gasteiger partial charge >= 0.3 is 0 Å². The van der Waals surface area contributed by atoms with E-state index in [4.69, 9.17) is 5.26 Å². The van der Waals surface area contributed by atoms with Crippen LogP contribution in [0.4, 0.5) is 5.69 Å². The Hall–Kier alpha value is -2.27. The summed E-state index contributed by atoms with van der Waals surface area (Å²) in [4.78, 5) is 2.46. The maximum Gasteiger partial charge on any atom is 0.0991 e. The fraction of sp³-hybridized carbons (Fsp3) is 0.278. The number of piperidine rings is 1. The van der Waals surface area contributed by atoms with Crippen LogP contribution in [0.5, 0.6) is 0 Å². The van der Waals surface area contributed by atoms with Crippen molar-refractivity contribution in [1.29, 1.82) is 5.26 Å². The van der Waals surface area contributed by atoms with Gasteiger partial charge in [-0.1, -0.05) is 30.3 Å². The highest BCUT2D eigenvalue weighted by Gasteiger charge is 2.20. The van der Waals surface area contributed by atoms with Crippen molar-refractivity contribution in [3.8, 4) is 6.07 Å². The molecule has 1 aliphatic rings. The van der Waals surface area contributed by atoms with Gasteiger partial charge in [0.25, 0.3) is 0 Å². The summed E-state index contributed by atoms with van der Waals surface area (Å²) >= 11 is 0. The topological polar surface area (TPSA) is 27.0 Å². The van der Waals surface area contributed by atoms with Crippen LogP contribution in [0.25, 0.3) is 0 Å². The molecule has 1 aliphatic heterocycles. The van der Waals surface area contributed by atoms with E-state index in [-0.39, 0.29) is 0 Å². The standard InChI is InChI=1S/C18H18N2/c19-14-15-6-8-16(9-7-15)17-10-12-20(13-11-17)18-4-2-1-3-5-18/h1-9,17H,10-13H2. The molecule has 0 spiro atoms. The summed E-state index contributed by atoms with van der Waals surface area (Å²) in [6, 6.07) is 20.9. The zero-order chi connectivity index (χ0) is 13.8. The number of nitrogens with zero attached hydrogens (tertiary/aromatic N) is 2. The molecule has 2 nitrogen and oxygen atoms in total. The molecule has 2 heteroatoms. The molecule has 0 amide bonds. The number of nitriles is 1. The molecular formula is C18H18N2. The summed E-state index contributed by atoms with van der Waals surface area (Å²) in [7, 11) is 0. The van der Waals surface area contributed by atoms with Crippen LogP contribution in [0.2, 0.25) is 0 Å². The average Bonchev–Trinajstić information content (AvgIpc) is 2.56. The first-order chi connectivity index (χ1) is 9.86. The van der Waals surface area contributed by atoms with Crippen LogP contribution in [0.3, 0.4) is 0 Å². The van der Waals surface area contributed by atoms with Crippen molar-refractivity contribution in [3.05, 3.63) is 65.7 Å². The van der Waals surface area contributed by atoms with Gasteiger partial charge in [-0.2, -0.15) is 5.26 Å². The lowest BCUT2D eigenvalue weighted by Crippen LogP contribution is -2.32. The molecule has 1 saturated heterocycles. The lowest BCUT2D eigenvalue weighted by Gasteiger charge is -2.33. The molecule has 100 valence electrons. The number of hydrogen-bond acceptors (Lipinski definition) is 2. The van der Waals surface area contributed by atoms with Gasteiger partial charge in [0.15, 0.2) is 0 Å². The Morgan fingerprint density at radius 1 is 0.900 bits per heavy atom. The van der Waals surface area contributed by atoms with Gasteiger partial charge in [-0.05, 0) is 48.6 Å². The van der Waals surface area contributed by atoms with Gasteiger partial charge in [-0.3, -0.25) is 0 Å². The second-order valence-electron chi connectivity index (χ2n) is 5.33. The summed E-state index contributed by atoms with van der Waals surface area (Å²) < 4.78 is 0. The Balaban J connectivity index is 1.65. The van der Waals surface area contributed by atoms with E-state index in [0.29, 0.717) is 5.92 Å². The minimum Gasteiger partial charge on any atom is -0.371 e. The molecule has 0 aromatic heterocycles. The molecule has 0 atom stereocenters. The predicted molar refractivity (Wildman–Crippen MR) is 81.8 cm³/mol. The van der Waals surface area contributed by atoms with E-state index >= 15 is 0 Å². The number of para-hydroxylation sites is 1. The normalized spacial score (nSPS) is 15.8. The number of anilines is 1. The Morgan fingerprint density at radius 2 is 1.55 bits per heavy atom. The van der Waals surface area contributed by atoms with Crippen molar-refractivity contribution in [2.24, 2.45) is 0 Å². The average molecular weight is 262 g/mol. The number of hydrogen-bond donors (Lipinski definition) is 0. The maximum absolute atomic E-state index is 8.84. The fourth-order valence-corrected chi connectivity index (χ4v) is 2.94. The van der Waals surface area contributed by atoms with Gasteiger partial charge in [0.1, 0.15) is 0 Å². The SMILES string of the molecule is N#Cc1ccc(C2CCN(c3ccccc3)CC2)cc1. The highest BCUT2D eigenvalue weighted by Crippen LogP contribution is 2.30. The first-order valence-electron chi connectivity index (χ1n) is 7.17. The van der Waals surface area contributed by atoms with Crippen LogP contribution in [0, 0.1) is 11.3 Å². The Kier molecular flexibility index (Phi) is 3.69. The third-order valence-corrected chi connectivity index (χ3v) is 4.13. The molecule has 2 aromatic rings. The largest absolute Gasteiger partial charge is 0.371 e. The van der Waals surface area contributed by atoms with E-state index < -0.39 is 0 Å². The highest BCUT2D eigenvalue weighted by molar-refractivity contribution is 5.46. The Morgan fingerprint density at radius 3 is 2.15 bits per heavy atom. The van der Waals surface area contributed by atoms with Gasteiger partial charge in [0.05, 0.1) is 11.6 Å². The highest BCUT2D eigenvalue weighted by atomic mass is 15.1. The smallest absolute Gasteiger partial charge is 0.0991 e. The summed E-state index contributed by atoms with van der Waals surface area (Å²) in [5, 5.41) is 8.84. The molecule has 0 unspecified atom stereocenters. The van der Waals surface area contributed by atoms with Crippen LogP contribution < -0.4 is 4.90 Å². The van der Waals surface area contributed by atoms with Crippen molar-refractivity contribution in [3.63, 3.8) is 0 Å². The number of benzene rings is 2. The Bertz CT molecular complexity index is 588. The van der Waals surface area contributed by atoms with E-state index in [1.165, 1.54) is 24.1 Å². The zero-order valence-corrected chi connectivity index (χ0v) is 11.5. The third kappa shape index (κ3) is 2.67. The quantitative estimate of drug-likeness (QED) is 0.819. The van der Waals surface area contributed by atoms with Crippen LogP contribution >= 0.6 is 0 Å². The lowest BCUT2D eigenvalue weighted by molar-refractivity contribution is 0.505. The van der Waals surface area contributed by atoms with E-state index in [1.54, 1.807) is 0 Å². The van der Waals surface area contributed by atoms with E-state index in [9.17, 15) is 0 Å². The molecule has 20 heavy (non-hydrogen) atoms. The van der Waals surface area contributed by atoms with Crippen LogP contribution in [-0.4, -0.2) is 13.1 Å². The van der Waals surface area contributed by atoms with Crippen LogP contribution in [0.15, 0.2) is 54.6 Å². The van der Waals surface area contributed by atoms with E-state index in [0.717, 1.165) is 18.7 Å². The molecule has 0 N–H and O–H groups in total. The molecule has 0 radical (unpaired) electrons. The minimum atomic E-state index is 0.628. The Labute approximate surface area is 120 Å². The summed E-state index contributed by atoms with van der Waals surface area (Å²) in [6.07, 6.45) is 2.36. The molecule has 1 heterocycles.